The first kappa shape index (κ1) is 52.2. The number of anilines is 1. The van der Waals surface area contributed by atoms with Crippen LogP contribution >= 0.6 is 0 Å². The van der Waals surface area contributed by atoms with Gasteiger partial charge in [-0.05, 0) is 112 Å². The van der Waals surface area contributed by atoms with Gasteiger partial charge in [0.15, 0.2) is 11.9 Å². The monoisotopic (exact) mass is 967 g/mol. The van der Waals surface area contributed by atoms with Crippen LogP contribution in [0.25, 0.3) is 11.1 Å². The van der Waals surface area contributed by atoms with E-state index in [4.69, 9.17) is 4.74 Å². The first-order valence-corrected chi connectivity index (χ1v) is 26.9. The molecule has 0 saturated heterocycles. The van der Waals surface area contributed by atoms with Crippen LogP contribution < -0.4 is 14.5 Å². The Hall–Kier alpha value is -4.78. The molecule has 0 spiro atoms. The second-order valence-corrected chi connectivity index (χ2v) is 22.5. The zero-order valence-electron chi connectivity index (χ0n) is 38.6. The summed E-state index contributed by atoms with van der Waals surface area (Å²) in [6.45, 7) is 15.8. The highest BCUT2D eigenvalue weighted by Gasteiger charge is 2.43. The van der Waals surface area contributed by atoms with E-state index in [2.05, 4.69) is 68.6 Å². The standard InChI is InChI=1S/C49H63N3O11S3/c1-7-9-17-44-42(32-38(36-20-24-40(25-21-36)65(57,58)59)34-51(44)29-15-11-13-19-46(53)63-8-2)48(3,4)28-14-10-12-18-45-49(5,6)43-33-39(37-22-26-41(27-23-37)66(60,61)62)35-52(47(43)50-45)30-16-31-64(54,55)56/h7,10,12,18,20-22,24-27,32-35,37H,1,8-9,11,13-17,19,23,28-31H2,2-6H3,(H2-,54,55,56,57,58,59,60,61,62)/p+2/b12-10+,45-18+. The molecular formula is C49H65N3O11S3+2. The lowest BCUT2D eigenvalue weighted by atomic mass is 9.78. The van der Waals surface area contributed by atoms with Crippen molar-refractivity contribution in [3.05, 3.63) is 131 Å². The van der Waals surface area contributed by atoms with Gasteiger partial charge in [0.2, 0.25) is 0 Å². The van der Waals surface area contributed by atoms with E-state index < -0.39 is 41.5 Å². The number of nitrogens with one attached hydrogen (secondary N) is 1. The molecule has 0 saturated carbocycles. The molecule has 0 fully saturated rings. The second kappa shape index (κ2) is 21.9. The molecule has 5 rings (SSSR count). The molecule has 2 aromatic heterocycles. The average molecular weight is 968 g/mol. The van der Waals surface area contributed by atoms with Crippen molar-refractivity contribution >= 4 is 42.1 Å². The summed E-state index contributed by atoms with van der Waals surface area (Å²) < 4.78 is 108. The molecule has 0 bridgehead atoms. The number of allylic oxidation sites excluding steroid dienone is 8. The Morgan fingerprint density at radius 2 is 1.64 bits per heavy atom. The van der Waals surface area contributed by atoms with Crippen LogP contribution in [0.15, 0.2) is 113 Å². The van der Waals surface area contributed by atoms with Crippen molar-refractivity contribution < 1.29 is 57.6 Å². The fourth-order valence-electron chi connectivity index (χ4n) is 8.56. The molecule has 1 aromatic carbocycles. The SMILES string of the molecule is C=CCCc1c(C(C)(C)CC/C=C/C=C2/Nc3c(cc(C4C=CC(S(=O)(=O)O)=CC4)c[n+]3CCCS(=O)(=O)O)C2(C)C)cc(-c2ccc(S(=O)(=O)O)cc2)c[n+]1CCCCCC(=O)OCC. The highest BCUT2D eigenvalue weighted by atomic mass is 32.2. The Morgan fingerprint density at radius 3 is 2.26 bits per heavy atom. The van der Waals surface area contributed by atoms with Gasteiger partial charge in [-0.1, -0.05) is 56.4 Å². The van der Waals surface area contributed by atoms with Crippen molar-refractivity contribution in [2.75, 3.05) is 17.7 Å². The van der Waals surface area contributed by atoms with Gasteiger partial charge in [-0.15, -0.1) is 6.58 Å². The predicted octanol–water partition coefficient (Wildman–Crippen LogP) is 8.41. The molecule has 3 heterocycles. The van der Waals surface area contributed by atoms with Crippen molar-refractivity contribution in [2.45, 2.75) is 134 Å². The molecule has 66 heavy (non-hydrogen) atoms. The fourth-order valence-corrected chi connectivity index (χ4v) is 10.1. The van der Waals surface area contributed by atoms with Crippen molar-refractivity contribution in [2.24, 2.45) is 0 Å². The van der Waals surface area contributed by atoms with E-state index >= 15 is 0 Å². The maximum atomic E-state index is 12.0. The van der Waals surface area contributed by atoms with Gasteiger partial charge in [0.05, 0.1) is 45.9 Å². The Bertz CT molecular complexity index is 2740. The maximum Gasteiger partial charge on any atom is 0.305 e. The number of hydrogen-bond donors (Lipinski definition) is 4. The molecule has 1 unspecified atom stereocenters. The lowest BCUT2D eigenvalue weighted by Crippen LogP contribution is -2.42. The van der Waals surface area contributed by atoms with E-state index in [0.717, 1.165) is 77.9 Å². The average Bonchev–Trinajstić information content (AvgIpc) is 3.50. The van der Waals surface area contributed by atoms with Crippen LogP contribution in [0.4, 0.5) is 5.82 Å². The summed E-state index contributed by atoms with van der Waals surface area (Å²) in [5.41, 5.74) is 5.99. The molecule has 1 aliphatic heterocycles. The number of nitrogens with zero attached hydrogens (tertiary/aromatic N) is 2. The largest absolute Gasteiger partial charge is 0.466 e. The number of ether oxygens (including phenoxy) is 1. The number of esters is 1. The minimum absolute atomic E-state index is 0.157. The van der Waals surface area contributed by atoms with Gasteiger partial charge < -0.3 is 4.74 Å². The van der Waals surface area contributed by atoms with Gasteiger partial charge >= 0.3 is 5.97 Å². The smallest absolute Gasteiger partial charge is 0.305 e. The quantitative estimate of drug-likeness (QED) is 0.0232. The van der Waals surface area contributed by atoms with Gasteiger partial charge in [-0.25, -0.2) is 14.5 Å². The molecule has 1 aliphatic carbocycles. The van der Waals surface area contributed by atoms with Crippen LogP contribution in [0.1, 0.15) is 121 Å². The summed E-state index contributed by atoms with van der Waals surface area (Å²) >= 11 is 0. The summed E-state index contributed by atoms with van der Waals surface area (Å²) in [6.07, 6.45) is 23.0. The number of aryl methyl sites for hydroxylation is 2. The number of aromatic nitrogens is 2. The number of fused-ring (bicyclic) bond motifs is 1. The maximum absolute atomic E-state index is 12.0. The predicted molar refractivity (Wildman–Crippen MR) is 255 cm³/mol. The summed E-state index contributed by atoms with van der Waals surface area (Å²) in [4.78, 5) is 11.6. The van der Waals surface area contributed by atoms with Crippen LogP contribution in [-0.4, -0.2) is 57.2 Å². The minimum atomic E-state index is -4.36. The number of unbranched alkanes of at least 4 members (excludes halogenated alkanes) is 2. The molecular weight excluding hydrogens is 903 g/mol. The molecule has 4 N–H and O–H groups in total. The van der Waals surface area contributed by atoms with Gasteiger partial charge in [-0.3, -0.25) is 18.5 Å². The molecule has 3 aromatic rings. The molecule has 358 valence electrons. The fraction of sp³-hybridized carbons (Fsp3) is 0.449. The Labute approximate surface area is 391 Å². The van der Waals surface area contributed by atoms with Crippen LogP contribution in [0, 0.1) is 0 Å². The highest BCUT2D eigenvalue weighted by Crippen LogP contribution is 2.43. The second-order valence-electron chi connectivity index (χ2n) is 18.1. The third-order valence-electron chi connectivity index (χ3n) is 12.3. The number of benzene rings is 1. The summed E-state index contributed by atoms with van der Waals surface area (Å²) in [6, 6.07) is 10.5. The molecule has 0 radical (unpaired) electrons. The number of pyridine rings is 2. The van der Waals surface area contributed by atoms with Gasteiger partial charge in [0, 0.05) is 42.7 Å². The number of hydrogen-bond acceptors (Lipinski definition) is 9. The summed E-state index contributed by atoms with van der Waals surface area (Å²) in [5.74, 6) is -0.00419. The summed E-state index contributed by atoms with van der Waals surface area (Å²) in [7, 11) is -12.9. The Morgan fingerprint density at radius 1 is 0.924 bits per heavy atom. The lowest BCUT2D eigenvalue weighted by Gasteiger charge is -2.27. The zero-order chi connectivity index (χ0) is 48.5. The van der Waals surface area contributed by atoms with Crippen LogP contribution in [0.5, 0.6) is 0 Å². The minimum Gasteiger partial charge on any atom is -0.466 e. The normalized spacial score (nSPS) is 16.9. The van der Waals surface area contributed by atoms with E-state index in [0.29, 0.717) is 39.0 Å². The number of rotatable bonds is 23. The number of carbonyl (C=O) groups is 1. The zero-order valence-corrected chi connectivity index (χ0v) is 41.0. The summed E-state index contributed by atoms with van der Waals surface area (Å²) in [5, 5.41) is 3.57. The topological polar surface area (TPSA) is 209 Å². The first-order valence-electron chi connectivity index (χ1n) is 22.4. The van der Waals surface area contributed by atoms with E-state index in [-0.39, 0.29) is 33.5 Å². The van der Waals surface area contributed by atoms with E-state index in [9.17, 15) is 43.7 Å². The van der Waals surface area contributed by atoms with E-state index in [1.54, 1.807) is 25.1 Å². The van der Waals surface area contributed by atoms with Crippen LogP contribution in [-0.2, 0) is 70.2 Å². The van der Waals surface area contributed by atoms with Gasteiger partial charge in [0.1, 0.15) is 12.2 Å². The third-order valence-corrected chi connectivity index (χ3v) is 14.9. The number of carbonyl (C=O) groups excluding carboxylic acids is 1. The Balaban J connectivity index is 1.41. The van der Waals surface area contributed by atoms with Crippen molar-refractivity contribution in [1.29, 1.82) is 0 Å². The van der Waals surface area contributed by atoms with E-state index in [1.807, 2.05) is 29.0 Å². The molecule has 1 atom stereocenters. The highest BCUT2D eigenvalue weighted by molar-refractivity contribution is 7.90. The molecule has 0 amide bonds. The van der Waals surface area contributed by atoms with Crippen molar-refractivity contribution in [3.63, 3.8) is 0 Å². The van der Waals surface area contributed by atoms with Gasteiger partial charge in [-0.2, -0.15) is 25.3 Å². The van der Waals surface area contributed by atoms with E-state index in [1.165, 1.54) is 30.0 Å². The van der Waals surface area contributed by atoms with Crippen LogP contribution in [0.3, 0.4) is 0 Å². The first-order chi connectivity index (χ1) is 30.9. The lowest BCUT2D eigenvalue weighted by molar-refractivity contribution is -0.704. The molecule has 2 aliphatic rings. The van der Waals surface area contributed by atoms with Gasteiger partial charge in [0.25, 0.3) is 36.2 Å². The van der Waals surface area contributed by atoms with Crippen LogP contribution in [0.2, 0.25) is 0 Å². The molecule has 17 heteroatoms. The third kappa shape index (κ3) is 13.9. The van der Waals surface area contributed by atoms with Crippen molar-refractivity contribution in [1.82, 2.24) is 0 Å². The molecule has 14 nitrogen and oxygen atoms in total. The van der Waals surface area contributed by atoms with Crippen molar-refractivity contribution in [3.8, 4) is 11.1 Å². The Kier molecular flexibility index (Phi) is 17.3.